The minimum absolute atomic E-state index is 0.0568. The molecule has 0 spiro atoms. The monoisotopic (exact) mass is 296 g/mol. The molecular formula is C15H18ClFN2O. The SMILES string of the molecule is CC(C)(C)NCCc1ncc(-c2cccc(F)c2Cl)o1. The van der Waals surface area contributed by atoms with Gasteiger partial charge in [-0.15, -0.1) is 0 Å². The fourth-order valence-electron chi connectivity index (χ4n) is 1.79. The summed E-state index contributed by atoms with van der Waals surface area (Å²) in [6.07, 6.45) is 2.25. The Balaban J connectivity index is 2.07. The molecule has 1 N–H and O–H groups in total. The van der Waals surface area contributed by atoms with Crippen molar-refractivity contribution < 1.29 is 8.81 Å². The van der Waals surface area contributed by atoms with Crippen LogP contribution in [0.3, 0.4) is 0 Å². The van der Waals surface area contributed by atoms with Crippen molar-refractivity contribution in [3.63, 3.8) is 0 Å². The van der Waals surface area contributed by atoms with Crippen LogP contribution in [0.15, 0.2) is 28.8 Å². The molecule has 108 valence electrons. The number of halogens is 2. The molecule has 0 saturated carbocycles. The van der Waals surface area contributed by atoms with Gasteiger partial charge >= 0.3 is 0 Å². The highest BCUT2D eigenvalue weighted by Crippen LogP contribution is 2.30. The predicted molar refractivity (Wildman–Crippen MR) is 78.4 cm³/mol. The second-order valence-electron chi connectivity index (χ2n) is 5.65. The number of aromatic nitrogens is 1. The standard InChI is InChI=1S/C15H18ClFN2O/c1-15(2,3)19-8-7-13-18-9-12(20-13)10-5-4-6-11(17)14(10)16/h4-6,9,19H,7-8H2,1-3H3. The van der Waals surface area contributed by atoms with E-state index in [9.17, 15) is 4.39 Å². The number of hydrogen-bond donors (Lipinski definition) is 1. The lowest BCUT2D eigenvalue weighted by atomic mass is 10.1. The molecule has 2 rings (SSSR count). The lowest BCUT2D eigenvalue weighted by Crippen LogP contribution is -2.37. The van der Waals surface area contributed by atoms with Crippen LogP contribution < -0.4 is 5.32 Å². The van der Waals surface area contributed by atoms with Crippen LogP contribution in [0, 0.1) is 5.82 Å². The molecule has 0 saturated heterocycles. The lowest BCUT2D eigenvalue weighted by Gasteiger charge is -2.19. The minimum atomic E-state index is -0.462. The Labute approximate surface area is 123 Å². The molecule has 3 nitrogen and oxygen atoms in total. The van der Waals surface area contributed by atoms with E-state index in [2.05, 4.69) is 31.1 Å². The van der Waals surface area contributed by atoms with Gasteiger partial charge in [-0.2, -0.15) is 0 Å². The molecule has 1 heterocycles. The van der Waals surface area contributed by atoms with E-state index in [0.717, 1.165) is 6.54 Å². The van der Waals surface area contributed by atoms with Crippen LogP contribution in [0.2, 0.25) is 5.02 Å². The molecule has 0 bridgehead atoms. The van der Waals surface area contributed by atoms with E-state index in [0.29, 0.717) is 23.6 Å². The highest BCUT2D eigenvalue weighted by atomic mass is 35.5. The number of rotatable bonds is 4. The van der Waals surface area contributed by atoms with E-state index in [1.165, 1.54) is 6.07 Å². The molecule has 0 aliphatic carbocycles. The zero-order valence-electron chi connectivity index (χ0n) is 11.8. The van der Waals surface area contributed by atoms with Crippen molar-refractivity contribution in [1.29, 1.82) is 0 Å². The average Bonchev–Trinajstić information content (AvgIpc) is 2.79. The summed E-state index contributed by atoms with van der Waals surface area (Å²) in [5.41, 5.74) is 0.579. The second kappa shape index (κ2) is 5.94. The van der Waals surface area contributed by atoms with Crippen LogP contribution in [0.4, 0.5) is 4.39 Å². The molecule has 5 heteroatoms. The number of hydrogen-bond acceptors (Lipinski definition) is 3. The summed E-state index contributed by atoms with van der Waals surface area (Å²) >= 11 is 5.93. The van der Waals surface area contributed by atoms with Crippen molar-refractivity contribution >= 4 is 11.6 Å². The fourth-order valence-corrected chi connectivity index (χ4v) is 2.01. The van der Waals surface area contributed by atoms with Crippen molar-refractivity contribution in [2.45, 2.75) is 32.7 Å². The third-order valence-electron chi connectivity index (χ3n) is 2.76. The molecule has 0 aliphatic rings. The predicted octanol–water partition coefficient (Wildman–Crippen LogP) is 4.06. The topological polar surface area (TPSA) is 38.1 Å². The van der Waals surface area contributed by atoms with Gasteiger partial charge in [0.15, 0.2) is 11.7 Å². The van der Waals surface area contributed by atoms with Crippen LogP contribution in [0.1, 0.15) is 26.7 Å². The van der Waals surface area contributed by atoms with Crippen molar-refractivity contribution in [2.75, 3.05) is 6.54 Å². The molecule has 1 aromatic heterocycles. The van der Waals surface area contributed by atoms with Gasteiger partial charge in [0.1, 0.15) is 5.82 Å². The van der Waals surface area contributed by atoms with Crippen molar-refractivity contribution in [1.82, 2.24) is 10.3 Å². The van der Waals surface area contributed by atoms with E-state index >= 15 is 0 Å². The van der Waals surface area contributed by atoms with Gasteiger partial charge in [-0.05, 0) is 32.9 Å². The lowest BCUT2D eigenvalue weighted by molar-refractivity contribution is 0.411. The first-order valence-electron chi connectivity index (χ1n) is 6.51. The van der Waals surface area contributed by atoms with E-state index < -0.39 is 5.82 Å². The molecular weight excluding hydrogens is 279 g/mol. The Morgan fingerprint density at radius 2 is 2.10 bits per heavy atom. The molecule has 2 aromatic rings. The molecule has 1 aromatic carbocycles. The zero-order chi connectivity index (χ0) is 14.8. The summed E-state index contributed by atoms with van der Waals surface area (Å²) < 4.78 is 19.0. The Bertz CT molecular complexity index is 590. The minimum Gasteiger partial charge on any atom is -0.441 e. The molecule has 20 heavy (non-hydrogen) atoms. The molecule has 0 unspecified atom stereocenters. The van der Waals surface area contributed by atoms with Crippen molar-refractivity contribution in [3.05, 3.63) is 41.1 Å². The van der Waals surface area contributed by atoms with E-state index in [4.69, 9.17) is 16.0 Å². The zero-order valence-corrected chi connectivity index (χ0v) is 12.6. The number of nitrogens with one attached hydrogen (secondary N) is 1. The first kappa shape index (κ1) is 15.0. The quantitative estimate of drug-likeness (QED) is 0.924. The maximum absolute atomic E-state index is 13.4. The number of nitrogens with zero attached hydrogens (tertiary/aromatic N) is 1. The van der Waals surface area contributed by atoms with Crippen LogP contribution in [-0.4, -0.2) is 17.1 Å². The van der Waals surface area contributed by atoms with Gasteiger partial charge in [-0.3, -0.25) is 0 Å². The van der Waals surface area contributed by atoms with Gasteiger partial charge in [0.05, 0.1) is 11.2 Å². The largest absolute Gasteiger partial charge is 0.441 e. The molecule has 0 fully saturated rings. The van der Waals surface area contributed by atoms with Crippen molar-refractivity contribution in [2.24, 2.45) is 0 Å². The van der Waals surface area contributed by atoms with Gasteiger partial charge in [0.25, 0.3) is 0 Å². The van der Waals surface area contributed by atoms with E-state index in [1.807, 2.05) is 0 Å². The summed E-state index contributed by atoms with van der Waals surface area (Å²) in [5.74, 6) is 0.633. The first-order valence-corrected chi connectivity index (χ1v) is 6.89. The molecule has 0 amide bonds. The van der Waals surface area contributed by atoms with Gasteiger partial charge in [0, 0.05) is 24.1 Å². The summed E-state index contributed by atoms with van der Waals surface area (Å²) in [7, 11) is 0. The highest BCUT2D eigenvalue weighted by molar-refractivity contribution is 6.33. The second-order valence-corrected chi connectivity index (χ2v) is 6.02. The smallest absolute Gasteiger partial charge is 0.196 e. The maximum atomic E-state index is 13.4. The Morgan fingerprint density at radius 3 is 2.80 bits per heavy atom. The van der Waals surface area contributed by atoms with Crippen LogP contribution in [0.25, 0.3) is 11.3 Å². The van der Waals surface area contributed by atoms with Gasteiger partial charge in [-0.1, -0.05) is 17.7 Å². The van der Waals surface area contributed by atoms with E-state index in [-0.39, 0.29) is 10.6 Å². The van der Waals surface area contributed by atoms with Crippen LogP contribution >= 0.6 is 11.6 Å². The normalized spacial score (nSPS) is 11.8. The summed E-state index contributed by atoms with van der Waals surface area (Å²) in [5, 5.41) is 3.41. The van der Waals surface area contributed by atoms with Crippen LogP contribution in [0.5, 0.6) is 0 Å². The summed E-state index contributed by atoms with van der Waals surface area (Å²) in [6.45, 7) is 7.06. The Morgan fingerprint density at radius 1 is 1.35 bits per heavy atom. The molecule has 0 aliphatic heterocycles. The fraction of sp³-hybridized carbons (Fsp3) is 0.400. The maximum Gasteiger partial charge on any atom is 0.196 e. The van der Waals surface area contributed by atoms with Gasteiger partial charge < -0.3 is 9.73 Å². The van der Waals surface area contributed by atoms with E-state index in [1.54, 1.807) is 18.3 Å². The summed E-state index contributed by atoms with van der Waals surface area (Å²) in [6, 6.07) is 4.62. The van der Waals surface area contributed by atoms with Crippen LogP contribution in [-0.2, 0) is 6.42 Å². The summed E-state index contributed by atoms with van der Waals surface area (Å²) in [4.78, 5) is 4.20. The molecule has 0 atom stereocenters. The Kier molecular flexibility index (Phi) is 4.45. The highest BCUT2D eigenvalue weighted by Gasteiger charge is 2.13. The first-order chi connectivity index (χ1) is 9.37. The number of benzene rings is 1. The molecule has 0 radical (unpaired) electrons. The third kappa shape index (κ3) is 3.81. The van der Waals surface area contributed by atoms with Crippen molar-refractivity contribution in [3.8, 4) is 11.3 Å². The number of oxazole rings is 1. The average molecular weight is 297 g/mol. The van der Waals surface area contributed by atoms with Gasteiger partial charge in [0.2, 0.25) is 0 Å². The van der Waals surface area contributed by atoms with Gasteiger partial charge in [-0.25, -0.2) is 9.37 Å². The third-order valence-corrected chi connectivity index (χ3v) is 3.15. The Hall–Kier alpha value is -1.39.